The van der Waals surface area contributed by atoms with E-state index in [-0.39, 0.29) is 17.6 Å². The van der Waals surface area contributed by atoms with E-state index in [1.807, 2.05) is 24.0 Å². The second-order valence-corrected chi connectivity index (χ2v) is 8.36. The van der Waals surface area contributed by atoms with Crippen LogP contribution < -0.4 is 4.90 Å². The van der Waals surface area contributed by atoms with Crippen LogP contribution >= 0.6 is 0 Å². The fourth-order valence-electron chi connectivity index (χ4n) is 4.46. The van der Waals surface area contributed by atoms with E-state index >= 15 is 0 Å². The average molecular weight is 392 g/mol. The fourth-order valence-corrected chi connectivity index (χ4v) is 4.46. The average Bonchev–Trinajstić information content (AvgIpc) is 2.93. The number of rotatable bonds is 3. The van der Waals surface area contributed by atoms with Gasteiger partial charge < -0.3 is 4.90 Å². The molecule has 5 heteroatoms. The standard InChI is InChI=1S/C24H25FN2O2/c1-15-4-10-20(11-5-15)27-23(28)21(18-6-8-19(25)9-7-18)22(24(27)29)26-13-16(2)12-17(3)14-26/h4-11,16-17H,12-14H2,1-3H3. The molecule has 0 aromatic heterocycles. The first-order valence-electron chi connectivity index (χ1n) is 10.1. The van der Waals surface area contributed by atoms with Crippen molar-refractivity contribution in [3.05, 3.63) is 71.2 Å². The molecule has 0 radical (unpaired) electrons. The normalized spacial score (nSPS) is 22.6. The monoisotopic (exact) mass is 392 g/mol. The topological polar surface area (TPSA) is 40.6 Å². The number of benzene rings is 2. The van der Waals surface area contributed by atoms with E-state index in [0.29, 0.717) is 34.4 Å². The highest BCUT2D eigenvalue weighted by Gasteiger charge is 2.43. The Kier molecular flexibility index (Phi) is 4.99. The number of aryl methyl sites for hydroxylation is 1. The Labute approximate surface area is 170 Å². The van der Waals surface area contributed by atoms with Gasteiger partial charge in [0, 0.05) is 13.1 Å². The van der Waals surface area contributed by atoms with Gasteiger partial charge in [0.25, 0.3) is 11.8 Å². The SMILES string of the molecule is Cc1ccc(N2C(=O)C(c3ccc(F)cc3)=C(N3CC(C)CC(C)C3)C2=O)cc1. The van der Waals surface area contributed by atoms with Crippen molar-refractivity contribution in [3.8, 4) is 0 Å². The molecule has 1 fully saturated rings. The molecule has 2 aliphatic heterocycles. The van der Waals surface area contributed by atoms with Gasteiger partial charge in [-0.15, -0.1) is 0 Å². The first kappa shape index (κ1) is 19.4. The lowest BCUT2D eigenvalue weighted by Gasteiger charge is -2.37. The quantitative estimate of drug-likeness (QED) is 0.727. The van der Waals surface area contributed by atoms with E-state index in [1.165, 1.54) is 17.0 Å². The van der Waals surface area contributed by atoms with Crippen LogP contribution in [-0.4, -0.2) is 29.8 Å². The highest BCUT2D eigenvalue weighted by atomic mass is 19.1. The summed E-state index contributed by atoms with van der Waals surface area (Å²) in [5.41, 5.74) is 2.97. The number of amides is 2. The number of imide groups is 1. The first-order chi connectivity index (χ1) is 13.8. The van der Waals surface area contributed by atoms with E-state index in [4.69, 9.17) is 0 Å². The summed E-state index contributed by atoms with van der Waals surface area (Å²) >= 11 is 0. The van der Waals surface area contributed by atoms with E-state index in [0.717, 1.165) is 25.1 Å². The molecule has 2 aromatic rings. The number of likely N-dealkylation sites (tertiary alicyclic amines) is 1. The van der Waals surface area contributed by atoms with Crippen LogP contribution in [0.5, 0.6) is 0 Å². The number of carbonyl (C=O) groups excluding carboxylic acids is 2. The molecule has 4 rings (SSSR count). The zero-order valence-corrected chi connectivity index (χ0v) is 17.0. The van der Waals surface area contributed by atoms with Gasteiger partial charge in [-0.2, -0.15) is 0 Å². The Hall–Kier alpha value is -2.95. The van der Waals surface area contributed by atoms with E-state index in [2.05, 4.69) is 13.8 Å². The predicted molar refractivity (Wildman–Crippen MR) is 112 cm³/mol. The highest BCUT2D eigenvalue weighted by molar-refractivity contribution is 6.45. The minimum absolute atomic E-state index is 0.306. The number of anilines is 1. The fraction of sp³-hybridized carbons (Fsp3) is 0.333. The Morgan fingerprint density at radius 2 is 1.45 bits per heavy atom. The number of piperidine rings is 1. The van der Waals surface area contributed by atoms with E-state index < -0.39 is 0 Å². The van der Waals surface area contributed by atoms with Crippen molar-refractivity contribution < 1.29 is 14.0 Å². The molecule has 1 saturated heterocycles. The van der Waals surface area contributed by atoms with Crippen LogP contribution in [0.4, 0.5) is 10.1 Å². The third-order valence-electron chi connectivity index (χ3n) is 5.67. The predicted octanol–water partition coefficient (Wildman–Crippen LogP) is 4.40. The second kappa shape index (κ2) is 7.47. The lowest BCUT2D eigenvalue weighted by atomic mass is 9.91. The van der Waals surface area contributed by atoms with Crippen LogP contribution in [0.25, 0.3) is 5.57 Å². The molecule has 4 nitrogen and oxygen atoms in total. The van der Waals surface area contributed by atoms with Gasteiger partial charge in [-0.1, -0.05) is 43.7 Å². The maximum Gasteiger partial charge on any atom is 0.282 e. The van der Waals surface area contributed by atoms with Gasteiger partial charge in [0.05, 0.1) is 11.3 Å². The minimum Gasteiger partial charge on any atom is -0.366 e. The Balaban J connectivity index is 1.82. The number of carbonyl (C=O) groups is 2. The molecular weight excluding hydrogens is 367 g/mol. The van der Waals surface area contributed by atoms with Crippen molar-refractivity contribution in [2.45, 2.75) is 27.2 Å². The smallest absolute Gasteiger partial charge is 0.282 e. The molecule has 2 aliphatic rings. The van der Waals surface area contributed by atoms with Gasteiger partial charge in [0.2, 0.25) is 0 Å². The lowest BCUT2D eigenvalue weighted by molar-refractivity contribution is -0.120. The summed E-state index contributed by atoms with van der Waals surface area (Å²) in [6, 6.07) is 13.2. The van der Waals surface area contributed by atoms with Gasteiger partial charge in [-0.25, -0.2) is 9.29 Å². The summed E-state index contributed by atoms with van der Waals surface area (Å²) in [4.78, 5) is 30.2. The van der Waals surface area contributed by atoms with Gasteiger partial charge in [-0.05, 0) is 55.0 Å². The third kappa shape index (κ3) is 3.57. The molecule has 2 heterocycles. The highest BCUT2D eigenvalue weighted by Crippen LogP contribution is 2.37. The molecule has 2 atom stereocenters. The molecule has 2 aromatic carbocycles. The summed E-state index contributed by atoms with van der Waals surface area (Å²) < 4.78 is 13.5. The van der Waals surface area contributed by atoms with E-state index in [9.17, 15) is 14.0 Å². The molecule has 2 amide bonds. The lowest BCUT2D eigenvalue weighted by Crippen LogP contribution is -2.42. The number of halogens is 1. The summed E-state index contributed by atoms with van der Waals surface area (Å²) in [6.45, 7) is 7.75. The van der Waals surface area contributed by atoms with Crippen molar-refractivity contribution >= 4 is 23.1 Å². The first-order valence-corrected chi connectivity index (χ1v) is 10.1. The van der Waals surface area contributed by atoms with Crippen LogP contribution in [0.15, 0.2) is 54.2 Å². The molecule has 150 valence electrons. The van der Waals surface area contributed by atoms with Gasteiger partial charge in [0.1, 0.15) is 11.5 Å². The molecule has 0 aliphatic carbocycles. The van der Waals surface area contributed by atoms with Gasteiger partial charge in [0.15, 0.2) is 0 Å². The number of nitrogens with zero attached hydrogens (tertiary/aromatic N) is 2. The van der Waals surface area contributed by atoms with Gasteiger partial charge in [-0.3, -0.25) is 9.59 Å². The van der Waals surface area contributed by atoms with Crippen molar-refractivity contribution in [1.29, 1.82) is 0 Å². The van der Waals surface area contributed by atoms with E-state index in [1.54, 1.807) is 24.3 Å². The molecule has 2 unspecified atom stereocenters. The summed E-state index contributed by atoms with van der Waals surface area (Å²) in [7, 11) is 0. The summed E-state index contributed by atoms with van der Waals surface area (Å²) in [5, 5.41) is 0. The molecule has 0 saturated carbocycles. The van der Waals surface area contributed by atoms with Crippen LogP contribution in [0.3, 0.4) is 0 Å². The van der Waals surface area contributed by atoms with Crippen molar-refractivity contribution in [2.24, 2.45) is 11.8 Å². The van der Waals surface area contributed by atoms with Gasteiger partial charge >= 0.3 is 0 Å². The van der Waals surface area contributed by atoms with Crippen molar-refractivity contribution in [2.75, 3.05) is 18.0 Å². The Bertz CT molecular complexity index is 969. The van der Waals surface area contributed by atoms with Crippen LogP contribution in [0.1, 0.15) is 31.4 Å². The maximum atomic E-state index is 13.5. The van der Waals surface area contributed by atoms with Crippen molar-refractivity contribution in [3.63, 3.8) is 0 Å². The zero-order valence-electron chi connectivity index (χ0n) is 17.0. The molecule has 29 heavy (non-hydrogen) atoms. The number of hydrogen-bond donors (Lipinski definition) is 0. The summed E-state index contributed by atoms with van der Waals surface area (Å²) in [6.07, 6.45) is 1.10. The summed E-state index contributed by atoms with van der Waals surface area (Å²) in [5.74, 6) is -0.178. The maximum absolute atomic E-state index is 13.5. The van der Waals surface area contributed by atoms with Crippen LogP contribution in [0.2, 0.25) is 0 Å². The van der Waals surface area contributed by atoms with Crippen molar-refractivity contribution in [1.82, 2.24) is 4.90 Å². The molecule has 0 bridgehead atoms. The van der Waals surface area contributed by atoms with Crippen LogP contribution in [0, 0.1) is 24.6 Å². The molecule has 0 spiro atoms. The minimum atomic E-state index is -0.372. The number of hydrogen-bond acceptors (Lipinski definition) is 3. The molecular formula is C24H25FN2O2. The Morgan fingerprint density at radius 1 is 0.862 bits per heavy atom. The zero-order chi connectivity index (χ0) is 20.7. The Morgan fingerprint density at radius 3 is 2.03 bits per heavy atom. The second-order valence-electron chi connectivity index (χ2n) is 8.36. The molecule has 0 N–H and O–H groups in total. The third-order valence-corrected chi connectivity index (χ3v) is 5.67. The largest absolute Gasteiger partial charge is 0.366 e. The van der Waals surface area contributed by atoms with Crippen LogP contribution in [-0.2, 0) is 9.59 Å².